The molecule has 0 saturated heterocycles. The minimum atomic E-state index is 0.280. The number of hydrogen-bond donors (Lipinski definition) is 1. The van der Waals surface area contributed by atoms with E-state index in [1.165, 1.54) is 11.1 Å². The summed E-state index contributed by atoms with van der Waals surface area (Å²) in [5.41, 5.74) is 3.60. The molecular formula is C22H22BrNO. The Morgan fingerprint density at radius 2 is 1.60 bits per heavy atom. The molecule has 0 aromatic heterocycles. The quantitative estimate of drug-likeness (QED) is 0.539. The van der Waals surface area contributed by atoms with Crippen molar-refractivity contribution in [1.29, 1.82) is 0 Å². The highest BCUT2D eigenvalue weighted by molar-refractivity contribution is 9.10. The highest BCUT2D eigenvalue weighted by Gasteiger charge is 2.09. The van der Waals surface area contributed by atoms with E-state index in [2.05, 4.69) is 70.6 Å². The number of halogens is 1. The molecule has 0 amide bonds. The van der Waals surface area contributed by atoms with Crippen LogP contribution in [0.4, 0.5) is 0 Å². The van der Waals surface area contributed by atoms with Gasteiger partial charge < -0.3 is 10.1 Å². The fourth-order valence-electron chi connectivity index (χ4n) is 2.68. The Morgan fingerprint density at radius 1 is 0.920 bits per heavy atom. The third-order valence-corrected chi connectivity index (χ3v) is 4.65. The summed E-state index contributed by atoms with van der Waals surface area (Å²) in [6.07, 6.45) is 0. The molecule has 1 atom stereocenters. The van der Waals surface area contributed by atoms with Gasteiger partial charge in [-0.2, -0.15) is 0 Å². The predicted octanol–water partition coefficient (Wildman–Crippen LogP) is 5.88. The van der Waals surface area contributed by atoms with Gasteiger partial charge >= 0.3 is 0 Å². The van der Waals surface area contributed by atoms with Gasteiger partial charge in [0, 0.05) is 22.6 Å². The van der Waals surface area contributed by atoms with E-state index < -0.39 is 0 Å². The molecule has 2 nitrogen and oxygen atoms in total. The van der Waals surface area contributed by atoms with Gasteiger partial charge in [0.2, 0.25) is 0 Å². The van der Waals surface area contributed by atoms with E-state index in [9.17, 15) is 0 Å². The zero-order valence-electron chi connectivity index (χ0n) is 14.3. The lowest BCUT2D eigenvalue weighted by molar-refractivity contribution is 0.301. The highest BCUT2D eigenvalue weighted by atomic mass is 79.9. The van der Waals surface area contributed by atoms with Crippen molar-refractivity contribution in [3.63, 3.8) is 0 Å². The van der Waals surface area contributed by atoms with Crippen LogP contribution in [0.25, 0.3) is 0 Å². The third kappa shape index (κ3) is 5.18. The summed E-state index contributed by atoms with van der Waals surface area (Å²) in [4.78, 5) is 0. The van der Waals surface area contributed by atoms with Gasteiger partial charge in [0.1, 0.15) is 12.4 Å². The van der Waals surface area contributed by atoms with E-state index in [-0.39, 0.29) is 6.04 Å². The second-order valence-corrected chi connectivity index (χ2v) is 6.96. The molecule has 1 N–H and O–H groups in total. The minimum Gasteiger partial charge on any atom is -0.489 e. The standard InChI is InChI=1S/C22H22BrNO/c1-17(19-10-6-3-7-11-19)24-15-20-14-21(23)12-13-22(20)25-16-18-8-4-2-5-9-18/h2-14,17,24H,15-16H2,1H3. The van der Waals surface area contributed by atoms with Crippen LogP contribution < -0.4 is 10.1 Å². The fraction of sp³-hybridized carbons (Fsp3) is 0.182. The normalized spacial score (nSPS) is 11.9. The first-order chi connectivity index (χ1) is 12.2. The van der Waals surface area contributed by atoms with E-state index >= 15 is 0 Å². The van der Waals surface area contributed by atoms with Crippen LogP contribution in [-0.2, 0) is 13.2 Å². The van der Waals surface area contributed by atoms with Crippen molar-refractivity contribution in [2.24, 2.45) is 0 Å². The van der Waals surface area contributed by atoms with E-state index in [0.717, 1.165) is 22.3 Å². The van der Waals surface area contributed by atoms with Crippen LogP contribution in [0, 0.1) is 0 Å². The van der Waals surface area contributed by atoms with Crippen molar-refractivity contribution < 1.29 is 4.74 Å². The van der Waals surface area contributed by atoms with E-state index in [1.807, 2.05) is 36.4 Å². The van der Waals surface area contributed by atoms with E-state index in [0.29, 0.717) is 6.61 Å². The molecule has 128 valence electrons. The zero-order chi connectivity index (χ0) is 17.5. The lowest BCUT2D eigenvalue weighted by Gasteiger charge is -2.17. The van der Waals surface area contributed by atoms with E-state index in [4.69, 9.17) is 4.74 Å². The molecular weight excluding hydrogens is 374 g/mol. The number of hydrogen-bond acceptors (Lipinski definition) is 2. The third-order valence-electron chi connectivity index (χ3n) is 4.16. The monoisotopic (exact) mass is 395 g/mol. The molecule has 0 aliphatic rings. The fourth-order valence-corrected chi connectivity index (χ4v) is 3.09. The topological polar surface area (TPSA) is 21.3 Å². The molecule has 1 unspecified atom stereocenters. The van der Waals surface area contributed by atoms with Crippen molar-refractivity contribution in [3.8, 4) is 5.75 Å². The average molecular weight is 396 g/mol. The molecule has 0 spiro atoms. The summed E-state index contributed by atoms with van der Waals surface area (Å²) >= 11 is 3.56. The van der Waals surface area contributed by atoms with Crippen LogP contribution in [0.1, 0.15) is 29.7 Å². The van der Waals surface area contributed by atoms with Crippen molar-refractivity contribution in [2.75, 3.05) is 0 Å². The van der Waals surface area contributed by atoms with Gasteiger partial charge in [0.05, 0.1) is 0 Å². The first-order valence-corrected chi connectivity index (χ1v) is 9.25. The maximum Gasteiger partial charge on any atom is 0.124 e. The van der Waals surface area contributed by atoms with Crippen LogP contribution in [-0.4, -0.2) is 0 Å². The molecule has 0 radical (unpaired) electrons. The van der Waals surface area contributed by atoms with Crippen molar-refractivity contribution >= 4 is 15.9 Å². The van der Waals surface area contributed by atoms with Crippen molar-refractivity contribution in [2.45, 2.75) is 26.1 Å². The van der Waals surface area contributed by atoms with Gasteiger partial charge in [0.15, 0.2) is 0 Å². The largest absolute Gasteiger partial charge is 0.489 e. The summed E-state index contributed by atoms with van der Waals surface area (Å²) in [6.45, 7) is 3.50. The van der Waals surface area contributed by atoms with Gasteiger partial charge in [-0.3, -0.25) is 0 Å². The Hall–Kier alpha value is -2.10. The molecule has 3 heteroatoms. The maximum atomic E-state index is 6.06. The molecule has 3 aromatic carbocycles. The number of benzene rings is 3. The Labute approximate surface area is 158 Å². The predicted molar refractivity (Wildman–Crippen MR) is 107 cm³/mol. The molecule has 0 heterocycles. The van der Waals surface area contributed by atoms with Crippen LogP contribution in [0.3, 0.4) is 0 Å². The zero-order valence-corrected chi connectivity index (χ0v) is 15.9. The maximum absolute atomic E-state index is 6.06. The number of nitrogens with one attached hydrogen (secondary N) is 1. The van der Waals surface area contributed by atoms with Gasteiger partial charge in [-0.1, -0.05) is 76.6 Å². The molecule has 0 fully saturated rings. The number of rotatable bonds is 7. The lowest BCUT2D eigenvalue weighted by Crippen LogP contribution is -2.18. The first-order valence-electron chi connectivity index (χ1n) is 8.46. The van der Waals surface area contributed by atoms with Crippen LogP contribution in [0.5, 0.6) is 5.75 Å². The smallest absolute Gasteiger partial charge is 0.124 e. The SMILES string of the molecule is CC(NCc1cc(Br)ccc1OCc1ccccc1)c1ccccc1. The first kappa shape index (κ1) is 17.7. The van der Waals surface area contributed by atoms with Crippen LogP contribution >= 0.6 is 15.9 Å². The van der Waals surface area contributed by atoms with Gasteiger partial charge in [0.25, 0.3) is 0 Å². The average Bonchev–Trinajstić information content (AvgIpc) is 2.67. The second-order valence-electron chi connectivity index (χ2n) is 6.04. The van der Waals surface area contributed by atoms with Gasteiger partial charge in [-0.15, -0.1) is 0 Å². The Morgan fingerprint density at radius 3 is 2.32 bits per heavy atom. The Bertz CT molecular complexity index is 790. The lowest BCUT2D eigenvalue weighted by atomic mass is 10.1. The summed E-state index contributed by atoms with van der Waals surface area (Å²) in [5.74, 6) is 0.916. The van der Waals surface area contributed by atoms with Crippen LogP contribution in [0.15, 0.2) is 83.3 Å². The molecule has 3 aromatic rings. The second kappa shape index (κ2) is 8.84. The van der Waals surface area contributed by atoms with Crippen LogP contribution in [0.2, 0.25) is 0 Å². The van der Waals surface area contributed by atoms with E-state index in [1.54, 1.807) is 0 Å². The summed E-state index contributed by atoms with van der Waals surface area (Å²) in [7, 11) is 0. The Kier molecular flexibility index (Phi) is 6.26. The molecule has 25 heavy (non-hydrogen) atoms. The van der Waals surface area contributed by atoms with Gasteiger partial charge in [-0.25, -0.2) is 0 Å². The van der Waals surface area contributed by atoms with Crippen molar-refractivity contribution in [3.05, 3.63) is 100 Å². The molecule has 0 bridgehead atoms. The summed E-state index contributed by atoms with van der Waals surface area (Å²) in [5, 5.41) is 3.58. The molecule has 0 aliphatic carbocycles. The van der Waals surface area contributed by atoms with Crippen molar-refractivity contribution in [1.82, 2.24) is 5.32 Å². The summed E-state index contributed by atoms with van der Waals surface area (Å²) < 4.78 is 7.11. The molecule has 3 rings (SSSR count). The molecule has 0 aliphatic heterocycles. The van der Waals surface area contributed by atoms with Gasteiger partial charge in [-0.05, 0) is 36.2 Å². The highest BCUT2D eigenvalue weighted by Crippen LogP contribution is 2.25. The molecule has 0 saturated carbocycles. The Balaban J connectivity index is 1.66. The summed E-state index contributed by atoms with van der Waals surface area (Å²) in [6, 6.07) is 27.1. The number of ether oxygens (including phenoxy) is 1. The minimum absolute atomic E-state index is 0.280.